The molecule has 1 aliphatic carbocycles. The van der Waals surface area contributed by atoms with Crippen molar-refractivity contribution in [3.8, 4) is 0 Å². The number of benzene rings is 1. The fraction of sp³-hybridized carbons (Fsp3) is 0.600. The molecule has 0 amide bonds. The van der Waals surface area contributed by atoms with E-state index in [9.17, 15) is 0 Å². The molecule has 0 bridgehead atoms. The lowest BCUT2D eigenvalue weighted by atomic mass is 9.86. The first-order valence-electron chi connectivity index (χ1n) is 6.94. The molecule has 1 unspecified atom stereocenters. The molecule has 0 spiro atoms. The zero-order chi connectivity index (χ0) is 13.0. The number of nitrogens with one attached hydrogen (secondary N) is 1. The topological polar surface area (TPSA) is 38.0 Å². The summed E-state index contributed by atoms with van der Waals surface area (Å²) in [5.41, 5.74) is 5.73. The Labute approximate surface area is 118 Å². The number of halogens is 1. The summed E-state index contributed by atoms with van der Waals surface area (Å²) >= 11 is 3.56. The largest absolute Gasteiger partial charge is 0.271 e. The van der Waals surface area contributed by atoms with Crippen LogP contribution in [0.3, 0.4) is 0 Å². The molecule has 1 atom stereocenters. The van der Waals surface area contributed by atoms with Gasteiger partial charge in [-0.15, -0.1) is 0 Å². The highest BCUT2D eigenvalue weighted by atomic mass is 79.9. The molecule has 3 N–H and O–H groups in total. The van der Waals surface area contributed by atoms with E-state index in [2.05, 4.69) is 46.5 Å². The van der Waals surface area contributed by atoms with Crippen LogP contribution in [0.15, 0.2) is 22.7 Å². The molecular weight excluding hydrogens is 288 g/mol. The molecule has 0 heterocycles. The Bertz CT molecular complexity index is 384. The molecule has 0 saturated heterocycles. The van der Waals surface area contributed by atoms with Gasteiger partial charge >= 0.3 is 0 Å². The normalized spacial score (nSPS) is 19.5. The number of aryl methyl sites for hydroxylation is 1. The van der Waals surface area contributed by atoms with E-state index in [4.69, 9.17) is 5.84 Å². The van der Waals surface area contributed by atoms with Crippen LogP contribution in [0, 0.1) is 12.8 Å². The van der Waals surface area contributed by atoms with E-state index in [1.54, 1.807) is 0 Å². The van der Waals surface area contributed by atoms with Crippen molar-refractivity contribution in [3.05, 3.63) is 33.8 Å². The third kappa shape index (κ3) is 3.34. The van der Waals surface area contributed by atoms with E-state index >= 15 is 0 Å². The lowest BCUT2D eigenvalue weighted by Gasteiger charge is -2.27. The Hall–Kier alpha value is -0.380. The average molecular weight is 311 g/mol. The highest BCUT2D eigenvalue weighted by Crippen LogP contribution is 2.35. The maximum Gasteiger partial charge on any atom is 0.0491 e. The van der Waals surface area contributed by atoms with Gasteiger partial charge in [0.05, 0.1) is 0 Å². The zero-order valence-corrected chi connectivity index (χ0v) is 12.7. The molecular formula is C15H23BrN2. The van der Waals surface area contributed by atoms with Crippen LogP contribution in [0.25, 0.3) is 0 Å². The highest BCUT2D eigenvalue weighted by Gasteiger charge is 2.24. The predicted octanol–water partition coefficient (Wildman–Crippen LogP) is 4.23. The van der Waals surface area contributed by atoms with Crippen molar-refractivity contribution in [2.24, 2.45) is 11.8 Å². The van der Waals surface area contributed by atoms with Gasteiger partial charge in [-0.3, -0.25) is 11.3 Å². The zero-order valence-electron chi connectivity index (χ0n) is 11.1. The van der Waals surface area contributed by atoms with Crippen LogP contribution in [0.1, 0.15) is 55.7 Å². The first-order valence-corrected chi connectivity index (χ1v) is 7.74. The Morgan fingerprint density at radius 1 is 1.22 bits per heavy atom. The van der Waals surface area contributed by atoms with Gasteiger partial charge in [-0.05, 0) is 48.9 Å². The molecule has 1 aliphatic rings. The SMILES string of the molecule is Cc1ccc(Br)cc1C(NN)C1CCCCCC1. The van der Waals surface area contributed by atoms with Crippen molar-refractivity contribution in [2.45, 2.75) is 51.5 Å². The lowest BCUT2D eigenvalue weighted by molar-refractivity contribution is 0.328. The molecule has 2 nitrogen and oxygen atoms in total. The molecule has 0 radical (unpaired) electrons. The fourth-order valence-corrected chi connectivity index (χ4v) is 3.45. The van der Waals surface area contributed by atoms with Gasteiger partial charge in [-0.25, -0.2) is 0 Å². The van der Waals surface area contributed by atoms with Gasteiger partial charge in [-0.2, -0.15) is 0 Å². The first kappa shape index (κ1) is 14.0. The van der Waals surface area contributed by atoms with Crippen LogP contribution in [0.5, 0.6) is 0 Å². The molecule has 1 saturated carbocycles. The maximum atomic E-state index is 5.84. The lowest BCUT2D eigenvalue weighted by Crippen LogP contribution is -2.34. The molecule has 1 aromatic carbocycles. The Morgan fingerprint density at radius 3 is 2.50 bits per heavy atom. The molecule has 0 aromatic heterocycles. The summed E-state index contributed by atoms with van der Waals surface area (Å²) in [6, 6.07) is 6.77. The third-order valence-electron chi connectivity index (χ3n) is 4.13. The second-order valence-corrected chi connectivity index (χ2v) is 6.31. The molecule has 1 fully saturated rings. The van der Waals surface area contributed by atoms with E-state index in [0.29, 0.717) is 12.0 Å². The Morgan fingerprint density at radius 2 is 1.89 bits per heavy atom. The highest BCUT2D eigenvalue weighted by molar-refractivity contribution is 9.10. The minimum absolute atomic E-state index is 0.292. The van der Waals surface area contributed by atoms with E-state index < -0.39 is 0 Å². The standard InChI is InChI=1S/C15H23BrN2/c1-11-8-9-13(16)10-14(11)15(18-17)12-6-4-2-3-5-7-12/h8-10,12,15,18H,2-7,17H2,1H3. The molecule has 100 valence electrons. The van der Waals surface area contributed by atoms with E-state index in [1.165, 1.54) is 49.7 Å². The fourth-order valence-electron chi connectivity index (χ4n) is 3.07. The number of rotatable bonds is 3. The van der Waals surface area contributed by atoms with Crippen LogP contribution in [0.2, 0.25) is 0 Å². The van der Waals surface area contributed by atoms with Crippen molar-refractivity contribution in [1.29, 1.82) is 0 Å². The summed E-state index contributed by atoms with van der Waals surface area (Å²) < 4.78 is 1.14. The Kier molecular flexibility index (Phi) is 5.22. The van der Waals surface area contributed by atoms with Gasteiger partial charge < -0.3 is 0 Å². The monoisotopic (exact) mass is 310 g/mol. The summed E-state index contributed by atoms with van der Waals surface area (Å²) in [6.45, 7) is 2.17. The number of hydrogen-bond acceptors (Lipinski definition) is 2. The minimum atomic E-state index is 0.292. The van der Waals surface area contributed by atoms with E-state index in [1.807, 2.05) is 0 Å². The van der Waals surface area contributed by atoms with Crippen LogP contribution in [-0.2, 0) is 0 Å². The summed E-state index contributed by atoms with van der Waals surface area (Å²) in [4.78, 5) is 0. The van der Waals surface area contributed by atoms with Crippen LogP contribution >= 0.6 is 15.9 Å². The molecule has 18 heavy (non-hydrogen) atoms. The van der Waals surface area contributed by atoms with Gasteiger partial charge in [0, 0.05) is 10.5 Å². The molecule has 2 rings (SSSR count). The van der Waals surface area contributed by atoms with Crippen molar-refractivity contribution in [1.82, 2.24) is 5.43 Å². The van der Waals surface area contributed by atoms with Gasteiger partial charge in [0.1, 0.15) is 0 Å². The summed E-state index contributed by atoms with van der Waals surface area (Å²) in [6.07, 6.45) is 8.03. The number of hydrazine groups is 1. The molecule has 0 aliphatic heterocycles. The predicted molar refractivity (Wildman–Crippen MR) is 80.1 cm³/mol. The first-order chi connectivity index (χ1) is 8.72. The quantitative estimate of drug-likeness (QED) is 0.498. The summed E-state index contributed by atoms with van der Waals surface area (Å²) in [5.74, 6) is 6.51. The molecule has 3 heteroatoms. The van der Waals surface area contributed by atoms with Crippen LogP contribution < -0.4 is 11.3 Å². The van der Waals surface area contributed by atoms with Gasteiger partial charge in [0.25, 0.3) is 0 Å². The van der Waals surface area contributed by atoms with Crippen LogP contribution in [-0.4, -0.2) is 0 Å². The van der Waals surface area contributed by atoms with Crippen molar-refractivity contribution >= 4 is 15.9 Å². The Balaban J connectivity index is 2.23. The van der Waals surface area contributed by atoms with Gasteiger partial charge in [0.15, 0.2) is 0 Å². The van der Waals surface area contributed by atoms with Crippen molar-refractivity contribution < 1.29 is 0 Å². The maximum absolute atomic E-state index is 5.84. The second-order valence-electron chi connectivity index (χ2n) is 5.40. The van der Waals surface area contributed by atoms with E-state index in [0.717, 1.165) is 4.47 Å². The second kappa shape index (κ2) is 6.69. The number of hydrogen-bond donors (Lipinski definition) is 2. The smallest absolute Gasteiger partial charge is 0.0491 e. The van der Waals surface area contributed by atoms with Gasteiger partial charge in [-0.1, -0.05) is 47.7 Å². The average Bonchev–Trinajstić information content (AvgIpc) is 2.64. The molecule has 1 aromatic rings. The van der Waals surface area contributed by atoms with E-state index in [-0.39, 0.29) is 0 Å². The third-order valence-corrected chi connectivity index (χ3v) is 4.62. The number of nitrogens with two attached hydrogens (primary N) is 1. The summed E-state index contributed by atoms with van der Waals surface area (Å²) in [7, 11) is 0. The van der Waals surface area contributed by atoms with Crippen molar-refractivity contribution in [2.75, 3.05) is 0 Å². The van der Waals surface area contributed by atoms with Crippen LogP contribution in [0.4, 0.5) is 0 Å². The minimum Gasteiger partial charge on any atom is -0.271 e. The summed E-state index contributed by atoms with van der Waals surface area (Å²) in [5, 5.41) is 0. The van der Waals surface area contributed by atoms with Crippen molar-refractivity contribution in [3.63, 3.8) is 0 Å². The van der Waals surface area contributed by atoms with Gasteiger partial charge in [0.2, 0.25) is 0 Å².